The highest BCUT2D eigenvalue weighted by molar-refractivity contribution is 5.94. The van der Waals surface area contributed by atoms with Crippen molar-refractivity contribution in [2.75, 3.05) is 19.7 Å². The molecule has 1 aliphatic heterocycles. The fraction of sp³-hybridized carbons (Fsp3) is 0.364. The van der Waals surface area contributed by atoms with Gasteiger partial charge < -0.3 is 15.0 Å². The van der Waals surface area contributed by atoms with Crippen molar-refractivity contribution in [1.82, 2.24) is 10.2 Å². The number of likely N-dealkylation sites (tertiary alicyclic amines) is 1. The number of carbonyl (C=O) groups is 2. The number of carbonyl (C=O) groups excluding carboxylic acids is 2. The molecule has 3 rings (SSSR count). The van der Waals surface area contributed by atoms with Crippen LogP contribution in [0, 0.1) is 13.8 Å². The summed E-state index contributed by atoms with van der Waals surface area (Å²) in [6.07, 6.45) is 1.58. The molecule has 1 saturated heterocycles. The molecule has 5 nitrogen and oxygen atoms in total. The van der Waals surface area contributed by atoms with Crippen LogP contribution in [-0.2, 0) is 11.3 Å². The fourth-order valence-electron chi connectivity index (χ4n) is 3.14. The maximum absolute atomic E-state index is 12.3. The van der Waals surface area contributed by atoms with Crippen LogP contribution in [0.25, 0.3) is 0 Å². The minimum Gasteiger partial charge on any atom is -0.491 e. The van der Waals surface area contributed by atoms with Gasteiger partial charge in [-0.15, -0.1) is 0 Å². The van der Waals surface area contributed by atoms with Crippen LogP contribution in [0.4, 0.5) is 0 Å². The topological polar surface area (TPSA) is 58.6 Å². The van der Waals surface area contributed by atoms with Gasteiger partial charge in [0.15, 0.2) is 0 Å². The second-order valence-electron chi connectivity index (χ2n) is 6.99. The van der Waals surface area contributed by atoms with E-state index in [1.54, 1.807) is 12.1 Å². The number of hydrogen-bond donors (Lipinski definition) is 1. The van der Waals surface area contributed by atoms with Crippen molar-refractivity contribution in [2.24, 2.45) is 0 Å². The van der Waals surface area contributed by atoms with E-state index in [-0.39, 0.29) is 11.8 Å². The quantitative estimate of drug-likeness (QED) is 0.766. The van der Waals surface area contributed by atoms with E-state index in [4.69, 9.17) is 4.74 Å². The summed E-state index contributed by atoms with van der Waals surface area (Å²) in [5.74, 6) is 0.939. The molecule has 0 atom stereocenters. The molecule has 0 unspecified atom stereocenters. The van der Waals surface area contributed by atoms with E-state index < -0.39 is 0 Å². The Morgan fingerprint density at radius 1 is 1.15 bits per heavy atom. The van der Waals surface area contributed by atoms with Crippen LogP contribution < -0.4 is 10.1 Å². The SMILES string of the molecule is Cc1ccc(C)c(OCCNC(=O)c2ccc(CN3CCCC3=O)cc2)c1. The van der Waals surface area contributed by atoms with Gasteiger partial charge in [0.05, 0.1) is 6.54 Å². The zero-order valence-electron chi connectivity index (χ0n) is 16.0. The molecular weight excluding hydrogens is 340 g/mol. The predicted octanol–water partition coefficient (Wildman–Crippen LogP) is 3.23. The van der Waals surface area contributed by atoms with Crippen LogP contribution in [0.2, 0.25) is 0 Å². The normalized spacial score (nSPS) is 13.7. The lowest BCUT2D eigenvalue weighted by Gasteiger charge is -2.15. The van der Waals surface area contributed by atoms with Crippen molar-refractivity contribution in [3.8, 4) is 5.75 Å². The minimum absolute atomic E-state index is 0.122. The van der Waals surface area contributed by atoms with Gasteiger partial charge in [-0.1, -0.05) is 24.3 Å². The molecule has 0 radical (unpaired) electrons. The monoisotopic (exact) mass is 366 g/mol. The molecule has 2 aromatic rings. The van der Waals surface area contributed by atoms with E-state index in [9.17, 15) is 9.59 Å². The number of hydrogen-bond acceptors (Lipinski definition) is 3. The summed E-state index contributed by atoms with van der Waals surface area (Å²) in [5.41, 5.74) is 3.88. The zero-order valence-corrected chi connectivity index (χ0v) is 16.0. The van der Waals surface area contributed by atoms with Crippen molar-refractivity contribution in [1.29, 1.82) is 0 Å². The second-order valence-corrected chi connectivity index (χ2v) is 6.99. The van der Waals surface area contributed by atoms with E-state index in [2.05, 4.69) is 5.32 Å². The Bertz CT molecular complexity index is 815. The Hall–Kier alpha value is -2.82. The predicted molar refractivity (Wildman–Crippen MR) is 105 cm³/mol. The number of rotatable bonds is 7. The number of nitrogens with one attached hydrogen (secondary N) is 1. The standard InChI is InChI=1S/C22H26N2O3/c1-16-5-6-17(2)20(14-16)27-13-11-23-22(26)19-9-7-18(8-10-19)15-24-12-3-4-21(24)25/h5-10,14H,3-4,11-13,15H2,1-2H3,(H,23,26). The number of benzene rings is 2. The Labute approximate surface area is 160 Å². The lowest BCUT2D eigenvalue weighted by Crippen LogP contribution is -2.28. The molecule has 1 heterocycles. The molecule has 142 valence electrons. The third-order valence-corrected chi connectivity index (χ3v) is 4.75. The molecule has 2 aromatic carbocycles. The highest BCUT2D eigenvalue weighted by Crippen LogP contribution is 2.19. The van der Waals surface area contributed by atoms with E-state index in [1.165, 1.54) is 0 Å². The first-order chi connectivity index (χ1) is 13.0. The lowest BCUT2D eigenvalue weighted by molar-refractivity contribution is -0.128. The molecule has 1 aliphatic rings. The average molecular weight is 366 g/mol. The summed E-state index contributed by atoms with van der Waals surface area (Å²) in [7, 11) is 0. The van der Waals surface area contributed by atoms with Crippen molar-refractivity contribution < 1.29 is 14.3 Å². The maximum atomic E-state index is 12.3. The first-order valence-corrected chi connectivity index (χ1v) is 9.38. The largest absolute Gasteiger partial charge is 0.491 e. The van der Waals surface area contributed by atoms with Crippen LogP contribution in [0.3, 0.4) is 0 Å². The minimum atomic E-state index is -0.122. The summed E-state index contributed by atoms with van der Waals surface area (Å²) in [5, 5.41) is 2.87. The molecule has 5 heteroatoms. The van der Waals surface area contributed by atoms with Crippen molar-refractivity contribution in [3.05, 3.63) is 64.7 Å². The molecule has 1 fully saturated rings. The van der Waals surface area contributed by atoms with Crippen molar-refractivity contribution in [3.63, 3.8) is 0 Å². The van der Waals surface area contributed by atoms with Crippen LogP contribution in [0.1, 0.15) is 39.9 Å². The van der Waals surface area contributed by atoms with Gasteiger partial charge in [0.1, 0.15) is 12.4 Å². The average Bonchev–Trinajstić information content (AvgIpc) is 3.06. The van der Waals surface area contributed by atoms with Gasteiger partial charge in [0.2, 0.25) is 5.91 Å². The zero-order chi connectivity index (χ0) is 19.2. The van der Waals surface area contributed by atoms with Crippen LogP contribution in [0.5, 0.6) is 5.75 Å². The van der Waals surface area contributed by atoms with E-state index >= 15 is 0 Å². The van der Waals surface area contributed by atoms with Crippen LogP contribution in [0.15, 0.2) is 42.5 Å². The first-order valence-electron chi connectivity index (χ1n) is 9.38. The Balaban J connectivity index is 1.45. The molecule has 0 bridgehead atoms. The van der Waals surface area contributed by atoms with E-state index in [1.807, 2.05) is 49.1 Å². The number of nitrogens with zero attached hydrogens (tertiary/aromatic N) is 1. The molecule has 0 aliphatic carbocycles. The van der Waals surface area contributed by atoms with Crippen molar-refractivity contribution >= 4 is 11.8 Å². The molecule has 0 saturated carbocycles. The van der Waals surface area contributed by atoms with Gasteiger partial charge in [0, 0.05) is 25.1 Å². The van der Waals surface area contributed by atoms with E-state index in [0.717, 1.165) is 35.4 Å². The summed E-state index contributed by atoms with van der Waals surface area (Å²) < 4.78 is 5.76. The lowest BCUT2D eigenvalue weighted by atomic mass is 10.1. The Kier molecular flexibility index (Phi) is 6.12. The van der Waals surface area contributed by atoms with Gasteiger partial charge in [-0.25, -0.2) is 0 Å². The summed E-state index contributed by atoms with van der Waals surface area (Å²) in [6.45, 7) is 6.33. The molecular formula is C22H26N2O3. The second kappa shape index (κ2) is 8.71. The first kappa shape index (κ1) is 19.0. The third-order valence-electron chi connectivity index (χ3n) is 4.75. The highest BCUT2D eigenvalue weighted by atomic mass is 16.5. The Morgan fingerprint density at radius 3 is 2.63 bits per heavy atom. The number of amides is 2. The molecule has 0 aromatic heterocycles. The van der Waals surface area contributed by atoms with Gasteiger partial charge in [-0.05, 0) is 55.2 Å². The maximum Gasteiger partial charge on any atom is 0.251 e. The van der Waals surface area contributed by atoms with Gasteiger partial charge in [-0.3, -0.25) is 9.59 Å². The molecule has 2 amide bonds. The third kappa shape index (κ3) is 5.09. The van der Waals surface area contributed by atoms with Gasteiger partial charge in [0.25, 0.3) is 5.91 Å². The fourth-order valence-corrected chi connectivity index (χ4v) is 3.14. The van der Waals surface area contributed by atoms with Gasteiger partial charge in [-0.2, -0.15) is 0 Å². The molecule has 27 heavy (non-hydrogen) atoms. The smallest absolute Gasteiger partial charge is 0.251 e. The molecule has 0 spiro atoms. The number of aryl methyl sites for hydroxylation is 2. The van der Waals surface area contributed by atoms with E-state index in [0.29, 0.717) is 31.7 Å². The highest BCUT2D eigenvalue weighted by Gasteiger charge is 2.19. The molecule has 1 N–H and O–H groups in total. The van der Waals surface area contributed by atoms with Crippen molar-refractivity contribution in [2.45, 2.75) is 33.2 Å². The van der Waals surface area contributed by atoms with Gasteiger partial charge >= 0.3 is 0 Å². The summed E-state index contributed by atoms with van der Waals surface area (Å²) in [4.78, 5) is 25.8. The number of ether oxygens (including phenoxy) is 1. The summed E-state index contributed by atoms with van der Waals surface area (Å²) in [6, 6.07) is 13.5. The van der Waals surface area contributed by atoms with Crippen LogP contribution in [-0.4, -0.2) is 36.4 Å². The van der Waals surface area contributed by atoms with Crippen LogP contribution >= 0.6 is 0 Å². The Morgan fingerprint density at radius 2 is 1.93 bits per heavy atom. The summed E-state index contributed by atoms with van der Waals surface area (Å²) >= 11 is 0.